The van der Waals surface area contributed by atoms with Crippen molar-refractivity contribution in [2.24, 2.45) is 0 Å². The van der Waals surface area contributed by atoms with Crippen LogP contribution in [-0.4, -0.2) is 23.1 Å². The number of benzene rings is 1. The van der Waals surface area contributed by atoms with Crippen molar-refractivity contribution in [2.75, 3.05) is 6.54 Å². The fourth-order valence-corrected chi connectivity index (χ4v) is 2.04. The Hall–Kier alpha value is -1.21. The van der Waals surface area contributed by atoms with Crippen LogP contribution in [0.5, 0.6) is 0 Å². The van der Waals surface area contributed by atoms with Crippen LogP contribution in [-0.2, 0) is 4.79 Å². The molecule has 0 amide bonds. The molecular formula is C12H14F3NO2S. The second kappa shape index (κ2) is 6.81. The van der Waals surface area contributed by atoms with Gasteiger partial charge in [0.2, 0.25) is 0 Å². The molecule has 0 spiro atoms. The number of thioether (sulfide) groups is 1. The molecule has 2 N–H and O–H groups in total. The van der Waals surface area contributed by atoms with E-state index in [2.05, 4.69) is 5.32 Å². The van der Waals surface area contributed by atoms with Crippen molar-refractivity contribution in [1.82, 2.24) is 5.32 Å². The maximum absolute atomic E-state index is 12.2. The van der Waals surface area contributed by atoms with Gasteiger partial charge in [0.15, 0.2) is 0 Å². The fraction of sp³-hybridized carbons (Fsp3) is 0.417. The highest BCUT2D eigenvalue weighted by Gasteiger charge is 2.29. The predicted octanol–water partition coefficient (Wildman–Crippen LogP) is 3.42. The Morgan fingerprint density at radius 2 is 1.95 bits per heavy atom. The first-order valence-corrected chi connectivity index (χ1v) is 6.47. The zero-order valence-corrected chi connectivity index (χ0v) is 11.0. The Kier molecular flexibility index (Phi) is 5.68. The summed E-state index contributed by atoms with van der Waals surface area (Å²) in [5.41, 5.74) is -3.90. The molecule has 0 saturated carbocycles. The minimum Gasteiger partial charge on any atom is -0.480 e. The van der Waals surface area contributed by atoms with Crippen molar-refractivity contribution in [1.29, 1.82) is 0 Å². The first-order valence-electron chi connectivity index (χ1n) is 5.65. The van der Waals surface area contributed by atoms with Gasteiger partial charge in [-0.2, -0.15) is 13.2 Å². The van der Waals surface area contributed by atoms with Crippen molar-refractivity contribution in [3.63, 3.8) is 0 Å². The van der Waals surface area contributed by atoms with Gasteiger partial charge < -0.3 is 10.4 Å². The molecule has 0 aliphatic heterocycles. The van der Waals surface area contributed by atoms with E-state index in [-0.39, 0.29) is 16.7 Å². The SMILES string of the molecule is CCCNC(C(=O)O)c1ccc(SC(F)(F)F)cc1. The van der Waals surface area contributed by atoms with E-state index in [9.17, 15) is 18.0 Å². The fourth-order valence-electron chi connectivity index (χ4n) is 1.50. The molecule has 1 aromatic rings. The second-order valence-electron chi connectivity index (χ2n) is 3.84. The van der Waals surface area contributed by atoms with Gasteiger partial charge in [0.05, 0.1) is 0 Å². The van der Waals surface area contributed by atoms with E-state index in [4.69, 9.17) is 5.11 Å². The average molecular weight is 293 g/mol. The monoisotopic (exact) mass is 293 g/mol. The van der Waals surface area contributed by atoms with Crippen LogP contribution in [0.1, 0.15) is 24.9 Å². The summed E-state index contributed by atoms with van der Waals surface area (Å²) in [4.78, 5) is 11.1. The standard InChI is InChI=1S/C12H14F3NO2S/c1-2-7-16-10(11(17)18)8-3-5-9(6-4-8)19-12(13,14)15/h3-6,10,16H,2,7H2,1H3,(H,17,18). The molecule has 0 aliphatic carbocycles. The molecule has 1 atom stereocenters. The highest BCUT2D eigenvalue weighted by molar-refractivity contribution is 8.00. The molecule has 3 nitrogen and oxygen atoms in total. The number of aliphatic carboxylic acids is 1. The molecule has 1 unspecified atom stereocenters. The van der Waals surface area contributed by atoms with Gasteiger partial charge >= 0.3 is 11.5 Å². The largest absolute Gasteiger partial charge is 0.480 e. The van der Waals surface area contributed by atoms with Gasteiger partial charge in [0.1, 0.15) is 6.04 Å². The lowest BCUT2D eigenvalue weighted by Gasteiger charge is -2.14. The van der Waals surface area contributed by atoms with Gasteiger partial charge in [-0.3, -0.25) is 4.79 Å². The lowest BCUT2D eigenvalue weighted by molar-refractivity contribution is -0.139. The number of carboxylic acid groups (broad SMARTS) is 1. The Bertz CT molecular complexity index is 420. The summed E-state index contributed by atoms with van der Waals surface area (Å²) in [6, 6.07) is 4.45. The van der Waals surface area contributed by atoms with Crippen LogP contribution in [0, 0.1) is 0 Å². The van der Waals surface area contributed by atoms with Gasteiger partial charge in [-0.25, -0.2) is 0 Å². The molecule has 0 radical (unpaired) electrons. The summed E-state index contributed by atoms with van der Waals surface area (Å²) in [6.07, 6.45) is 0.770. The Balaban J connectivity index is 2.80. The molecule has 106 valence electrons. The minimum absolute atomic E-state index is 0.0379. The van der Waals surface area contributed by atoms with E-state index in [1.54, 1.807) is 0 Å². The predicted molar refractivity (Wildman–Crippen MR) is 67.0 cm³/mol. The molecule has 0 heterocycles. The third-order valence-corrected chi connectivity index (χ3v) is 3.03. The minimum atomic E-state index is -4.34. The van der Waals surface area contributed by atoms with E-state index in [0.29, 0.717) is 12.1 Å². The highest BCUT2D eigenvalue weighted by atomic mass is 32.2. The van der Waals surface area contributed by atoms with Crippen LogP contribution >= 0.6 is 11.8 Å². The normalized spacial score (nSPS) is 13.3. The van der Waals surface area contributed by atoms with Crippen LogP contribution in [0.25, 0.3) is 0 Å². The number of hydrogen-bond donors (Lipinski definition) is 2. The van der Waals surface area contributed by atoms with Crippen molar-refractivity contribution in [3.05, 3.63) is 29.8 Å². The molecule has 0 fully saturated rings. The molecule has 1 aromatic carbocycles. The number of hydrogen-bond acceptors (Lipinski definition) is 3. The summed E-state index contributed by atoms with van der Waals surface area (Å²) in [5.74, 6) is -1.05. The van der Waals surface area contributed by atoms with Crippen LogP contribution in [0.2, 0.25) is 0 Å². The Morgan fingerprint density at radius 1 is 1.37 bits per heavy atom. The molecule has 0 aromatic heterocycles. The van der Waals surface area contributed by atoms with Crippen LogP contribution < -0.4 is 5.32 Å². The van der Waals surface area contributed by atoms with E-state index < -0.39 is 17.5 Å². The average Bonchev–Trinajstić information content (AvgIpc) is 2.29. The maximum Gasteiger partial charge on any atom is 0.446 e. The number of carboxylic acids is 1. The number of alkyl halides is 3. The number of halogens is 3. The molecular weight excluding hydrogens is 279 g/mol. The topological polar surface area (TPSA) is 49.3 Å². The smallest absolute Gasteiger partial charge is 0.446 e. The molecule has 19 heavy (non-hydrogen) atoms. The van der Waals surface area contributed by atoms with Crippen molar-refractivity contribution < 1.29 is 23.1 Å². The van der Waals surface area contributed by atoms with Gasteiger partial charge in [0, 0.05) is 4.90 Å². The van der Waals surface area contributed by atoms with Crippen LogP contribution in [0.4, 0.5) is 13.2 Å². The molecule has 1 rings (SSSR count). The van der Waals surface area contributed by atoms with E-state index in [1.807, 2.05) is 6.92 Å². The lowest BCUT2D eigenvalue weighted by atomic mass is 10.1. The summed E-state index contributed by atoms with van der Waals surface area (Å²) in [5, 5.41) is 11.9. The lowest BCUT2D eigenvalue weighted by Crippen LogP contribution is -2.28. The van der Waals surface area contributed by atoms with Crippen LogP contribution in [0.3, 0.4) is 0 Å². The third-order valence-electron chi connectivity index (χ3n) is 2.29. The number of rotatable bonds is 6. The third kappa shape index (κ3) is 5.52. The number of carbonyl (C=O) groups is 1. The van der Waals surface area contributed by atoms with Crippen molar-refractivity contribution >= 4 is 17.7 Å². The Morgan fingerprint density at radius 3 is 2.37 bits per heavy atom. The zero-order valence-electron chi connectivity index (χ0n) is 10.2. The van der Waals surface area contributed by atoms with Gasteiger partial charge in [0.25, 0.3) is 0 Å². The summed E-state index contributed by atoms with van der Waals surface area (Å²) in [7, 11) is 0. The quantitative estimate of drug-likeness (QED) is 0.789. The van der Waals surface area contributed by atoms with E-state index in [0.717, 1.165) is 6.42 Å². The molecule has 7 heteroatoms. The zero-order chi connectivity index (χ0) is 14.5. The summed E-state index contributed by atoms with van der Waals surface area (Å²) >= 11 is -0.220. The van der Waals surface area contributed by atoms with Gasteiger partial charge in [-0.1, -0.05) is 19.1 Å². The molecule has 0 bridgehead atoms. The Labute approximate surface area is 113 Å². The summed E-state index contributed by atoms with van der Waals surface area (Å²) in [6.45, 7) is 2.42. The molecule has 0 saturated heterocycles. The maximum atomic E-state index is 12.2. The summed E-state index contributed by atoms with van der Waals surface area (Å²) < 4.78 is 36.5. The van der Waals surface area contributed by atoms with E-state index in [1.165, 1.54) is 24.3 Å². The van der Waals surface area contributed by atoms with Crippen molar-refractivity contribution in [2.45, 2.75) is 29.8 Å². The van der Waals surface area contributed by atoms with Gasteiger partial charge in [-0.15, -0.1) is 0 Å². The highest BCUT2D eigenvalue weighted by Crippen LogP contribution is 2.37. The van der Waals surface area contributed by atoms with Crippen molar-refractivity contribution in [3.8, 4) is 0 Å². The van der Waals surface area contributed by atoms with Crippen LogP contribution in [0.15, 0.2) is 29.2 Å². The molecule has 0 aliphatic rings. The first-order chi connectivity index (χ1) is 8.83. The number of nitrogens with one attached hydrogen (secondary N) is 1. The van der Waals surface area contributed by atoms with Gasteiger partial charge in [-0.05, 0) is 42.4 Å². The second-order valence-corrected chi connectivity index (χ2v) is 4.98. The first kappa shape index (κ1) is 15.8. The van der Waals surface area contributed by atoms with E-state index >= 15 is 0 Å².